The number of nitrogens with zero attached hydrogens (tertiary/aromatic N) is 2. The molecule has 0 unspecified atom stereocenters. The second-order valence-electron chi connectivity index (χ2n) is 4.94. The van der Waals surface area contributed by atoms with Gasteiger partial charge in [-0.3, -0.25) is 9.59 Å². The van der Waals surface area contributed by atoms with Crippen LogP contribution in [0.1, 0.15) is 26.7 Å². The van der Waals surface area contributed by atoms with Crippen LogP contribution in [0.3, 0.4) is 0 Å². The van der Waals surface area contributed by atoms with Crippen LogP contribution in [-0.4, -0.2) is 40.1 Å². The maximum absolute atomic E-state index is 12.1. The van der Waals surface area contributed by atoms with E-state index < -0.39 is 0 Å². The van der Waals surface area contributed by atoms with Crippen LogP contribution in [-0.2, 0) is 11.3 Å². The van der Waals surface area contributed by atoms with Crippen molar-refractivity contribution in [2.45, 2.75) is 33.2 Å². The maximum Gasteiger partial charge on any atom is 0.293 e. The number of thiocarbonyl (C=S) groups is 1. The summed E-state index contributed by atoms with van der Waals surface area (Å²) in [4.78, 5) is 26.2. The predicted molar refractivity (Wildman–Crippen MR) is 90.1 cm³/mol. The lowest BCUT2D eigenvalue weighted by Gasteiger charge is -2.21. The summed E-state index contributed by atoms with van der Waals surface area (Å²) in [6, 6.07) is 3.20. The Balaban J connectivity index is 2.73. The molecule has 0 bridgehead atoms. The minimum Gasteiger partial charge on any atom is -0.478 e. The Labute approximate surface area is 135 Å². The van der Waals surface area contributed by atoms with E-state index >= 15 is 0 Å². The first kappa shape index (κ1) is 18.2. The molecule has 1 rings (SSSR count). The molecule has 6 nitrogen and oxygen atoms in total. The summed E-state index contributed by atoms with van der Waals surface area (Å²) in [6.45, 7) is 5.42. The van der Waals surface area contributed by atoms with Gasteiger partial charge in [-0.1, -0.05) is 26.1 Å². The van der Waals surface area contributed by atoms with Crippen LogP contribution in [0.5, 0.6) is 5.75 Å². The maximum atomic E-state index is 12.1. The number of ether oxygens (including phenoxy) is 1. The Morgan fingerprint density at radius 1 is 1.36 bits per heavy atom. The van der Waals surface area contributed by atoms with Gasteiger partial charge < -0.3 is 19.9 Å². The van der Waals surface area contributed by atoms with Crippen molar-refractivity contribution >= 4 is 23.1 Å². The molecule has 1 aromatic heterocycles. The number of carbonyl (C=O) groups excluding carboxylic acids is 1. The summed E-state index contributed by atoms with van der Waals surface area (Å²) in [5.41, 5.74) is 5.10. The third-order valence-corrected chi connectivity index (χ3v) is 3.13. The Morgan fingerprint density at radius 3 is 2.55 bits per heavy atom. The van der Waals surface area contributed by atoms with E-state index in [1.54, 1.807) is 17.2 Å². The van der Waals surface area contributed by atoms with Gasteiger partial charge in [0.25, 0.3) is 11.5 Å². The quantitative estimate of drug-likeness (QED) is 0.690. The van der Waals surface area contributed by atoms with E-state index in [2.05, 4.69) is 0 Å². The number of aromatic nitrogens is 1. The van der Waals surface area contributed by atoms with Crippen LogP contribution in [0.4, 0.5) is 0 Å². The molecule has 2 N–H and O–H groups in total. The van der Waals surface area contributed by atoms with Crippen LogP contribution in [0.15, 0.2) is 23.1 Å². The highest BCUT2D eigenvalue weighted by Gasteiger charge is 2.13. The summed E-state index contributed by atoms with van der Waals surface area (Å²) in [5.74, 6) is 0.00731. The van der Waals surface area contributed by atoms with Crippen molar-refractivity contribution in [3.8, 4) is 5.75 Å². The van der Waals surface area contributed by atoms with E-state index in [1.165, 1.54) is 10.6 Å². The molecule has 0 saturated heterocycles. The molecule has 1 aromatic rings. The van der Waals surface area contributed by atoms with Gasteiger partial charge in [-0.15, -0.1) is 0 Å². The van der Waals surface area contributed by atoms with Gasteiger partial charge in [-0.2, -0.15) is 0 Å². The lowest BCUT2D eigenvalue weighted by atomic mass is 10.3. The van der Waals surface area contributed by atoms with Crippen LogP contribution >= 0.6 is 12.2 Å². The summed E-state index contributed by atoms with van der Waals surface area (Å²) in [5, 5.41) is 0. The standard InChI is InChI=1S/C15H23N3O3S/c1-3-7-17(8-4-2)14(19)11-21-12-6-5-9-18(15(12)20)10-13(16)22/h5-6,9H,3-4,7-8,10-11H2,1-2H3,(H2,16,22). The molecular formula is C15H23N3O3S. The average molecular weight is 325 g/mol. The molecule has 0 aromatic carbocycles. The number of rotatable bonds is 9. The zero-order valence-electron chi connectivity index (χ0n) is 13.1. The van der Waals surface area contributed by atoms with E-state index in [4.69, 9.17) is 22.7 Å². The molecule has 0 spiro atoms. The summed E-state index contributed by atoms with van der Waals surface area (Å²) >= 11 is 4.80. The molecule has 22 heavy (non-hydrogen) atoms. The molecule has 0 atom stereocenters. The fraction of sp³-hybridized carbons (Fsp3) is 0.533. The van der Waals surface area contributed by atoms with E-state index in [0.29, 0.717) is 13.1 Å². The van der Waals surface area contributed by atoms with Crippen LogP contribution in [0.2, 0.25) is 0 Å². The molecule has 0 aliphatic carbocycles. The smallest absolute Gasteiger partial charge is 0.293 e. The molecule has 0 radical (unpaired) electrons. The van der Waals surface area contributed by atoms with Crippen molar-refractivity contribution in [1.29, 1.82) is 0 Å². The molecule has 0 fully saturated rings. The average Bonchev–Trinajstić information content (AvgIpc) is 2.47. The normalized spacial score (nSPS) is 10.3. The van der Waals surface area contributed by atoms with Gasteiger partial charge in [0.05, 0.1) is 11.5 Å². The molecule has 0 aliphatic heterocycles. The molecule has 1 heterocycles. The van der Waals surface area contributed by atoms with Crippen molar-refractivity contribution in [3.05, 3.63) is 28.7 Å². The van der Waals surface area contributed by atoms with Gasteiger partial charge in [0.1, 0.15) is 0 Å². The van der Waals surface area contributed by atoms with Crippen LogP contribution in [0.25, 0.3) is 0 Å². The Bertz CT molecular complexity index is 565. The van der Waals surface area contributed by atoms with Crippen molar-refractivity contribution in [3.63, 3.8) is 0 Å². The summed E-state index contributed by atoms with van der Waals surface area (Å²) < 4.78 is 6.74. The third kappa shape index (κ3) is 5.48. The highest BCUT2D eigenvalue weighted by molar-refractivity contribution is 7.80. The number of amides is 1. The monoisotopic (exact) mass is 325 g/mol. The molecule has 0 saturated carbocycles. The van der Waals surface area contributed by atoms with E-state index in [9.17, 15) is 9.59 Å². The lowest BCUT2D eigenvalue weighted by molar-refractivity contribution is -0.133. The van der Waals surface area contributed by atoms with Crippen molar-refractivity contribution in [1.82, 2.24) is 9.47 Å². The SMILES string of the molecule is CCCN(CCC)C(=O)COc1cccn(CC(N)=S)c1=O. The van der Waals surface area contributed by atoms with Gasteiger partial charge in [0, 0.05) is 19.3 Å². The van der Waals surface area contributed by atoms with Gasteiger partial charge >= 0.3 is 0 Å². The van der Waals surface area contributed by atoms with Crippen LogP contribution in [0, 0.1) is 0 Å². The van der Waals surface area contributed by atoms with E-state index in [1.807, 2.05) is 13.8 Å². The highest BCUT2D eigenvalue weighted by Crippen LogP contribution is 2.03. The number of nitrogens with two attached hydrogens (primary N) is 1. The molecule has 1 amide bonds. The first-order valence-electron chi connectivity index (χ1n) is 7.37. The van der Waals surface area contributed by atoms with Gasteiger partial charge in [0.15, 0.2) is 12.4 Å². The topological polar surface area (TPSA) is 77.6 Å². The van der Waals surface area contributed by atoms with Gasteiger partial charge in [-0.05, 0) is 25.0 Å². The zero-order valence-corrected chi connectivity index (χ0v) is 13.9. The highest BCUT2D eigenvalue weighted by atomic mass is 32.1. The first-order chi connectivity index (χ1) is 10.5. The predicted octanol–water partition coefficient (Wildman–Crippen LogP) is 1.16. The summed E-state index contributed by atoms with van der Waals surface area (Å²) in [7, 11) is 0. The fourth-order valence-corrected chi connectivity index (χ4v) is 2.19. The second-order valence-corrected chi connectivity index (χ2v) is 5.47. The van der Waals surface area contributed by atoms with Gasteiger partial charge in [0.2, 0.25) is 0 Å². The molecule has 122 valence electrons. The number of hydrogen-bond donors (Lipinski definition) is 1. The Kier molecular flexibility index (Phi) is 7.59. The lowest BCUT2D eigenvalue weighted by Crippen LogP contribution is -2.37. The van der Waals surface area contributed by atoms with Crippen LogP contribution < -0.4 is 16.0 Å². The Hall–Kier alpha value is -1.89. The largest absolute Gasteiger partial charge is 0.478 e. The molecule has 0 aliphatic rings. The third-order valence-electron chi connectivity index (χ3n) is 3.00. The Morgan fingerprint density at radius 2 is 2.00 bits per heavy atom. The van der Waals surface area contributed by atoms with Gasteiger partial charge in [-0.25, -0.2) is 0 Å². The zero-order chi connectivity index (χ0) is 16.5. The minimum absolute atomic E-state index is 0.118. The second kappa shape index (κ2) is 9.19. The molecule has 7 heteroatoms. The number of carbonyl (C=O) groups is 1. The number of hydrogen-bond acceptors (Lipinski definition) is 4. The minimum atomic E-state index is -0.347. The first-order valence-corrected chi connectivity index (χ1v) is 7.78. The number of pyridine rings is 1. The van der Waals surface area contributed by atoms with Crippen molar-refractivity contribution in [2.75, 3.05) is 19.7 Å². The van der Waals surface area contributed by atoms with Crippen molar-refractivity contribution in [2.24, 2.45) is 5.73 Å². The van der Waals surface area contributed by atoms with E-state index in [0.717, 1.165) is 12.8 Å². The fourth-order valence-electron chi connectivity index (χ4n) is 2.05. The summed E-state index contributed by atoms with van der Waals surface area (Å²) in [6.07, 6.45) is 3.35. The molecular weight excluding hydrogens is 302 g/mol. The van der Waals surface area contributed by atoms with E-state index in [-0.39, 0.29) is 35.4 Å². The van der Waals surface area contributed by atoms with Crippen molar-refractivity contribution < 1.29 is 9.53 Å².